The number of nitrogens with one attached hydrogen (secondary N) is 1. The van der Waals surface area contributed by atoms with Gasteiger partial charge in [-0.1, -0.05) is 12.1 Å². The highest BCUT2D eigenvalue weighted by Crippen LogP contribution is 2.14. The molecule has 0 saturated carbocycles. The van der Waals surface area contributed by atoms with Crippen molar-refractivity contribution < 1.29 is 14.3 Å². The number of hydrogen-bond donors (Lipinski definition) is 1. The van der Waals surface area contributed by atoms with Crippen molar-refractivity contribution in [3.05, 3.63) is 59.7 Å². The number of ether oxygens (including phenoxy) is 1. The van der Waals surface area contributed by atoms with Crippen LogP contribution in [0.4, 0.5) is 5.69 Å². The van der Waals surface area contributed by atoms with Gasteiger partial charge >= 0.3 is 0 Å². The average molecular weight is 326 g/mol. The SMILES string of the molecule is COc1ccc(CCC(=O)Nc2ccc(C(=O)N(C)C)cc2)cc1. The van der Waals surface area contributed by atoms with Gasteiger partial charge in [0, 0.05) is 31.8 Å². The molecule has 0 spiro atoms. The van der Waals surface area contributed by atoms with Gasteiger partial charge in [-0.3, -0.25) is 9.59 Å². The van der Waals surface area contributed by atoms with E-state index >= 15 is 0 Å². The Hall–Kier alpha value is -2.82. The van der Waals surface area contributed by atoms with Gasteiger partial charge in [0.05, 0.1) is 7.11 Å². The number of anilines is 1. The second-order valence-electron chi connectivity index (χ2n) is 5.67. The van der Waals surface area contributed by atoms with E-state index in [1.165, 1.54) is 4.90 Å². The third-order valence-corrected chi connectivity index (χ3v) is 3.62. The van der Waals surface area contributed by atoms with Gasteiger partial charge in [0.2, 0.25) is 5.91 Å². The van der Waals surface area contributed by atoms with E-state index in [1.807, 2.05) is 24.3 Å². The lowest BCUT2D eigenvalue weighted by atomic mass is 10.1. The lowest BCUT2D eigenvalue weighted by molar-refractivity contribution is -0.116. The van der Waals surface area contributed by atoms with Crippen LogP contribution in [-0.4, -0.2) is 37.9 Å². The Bertz CT molecular complexity index is 692. The van der Waals surface area contributed by atoms with Crippen molar-refractivity contribution in [3.8, 4) is 5.75 Å². The molecule has 2 rings (SSSR count). The molecule has 5 nitrogen and oxygen atoms in total. The van der Waals surface area contributed by atoms with E-state index in [4.69, 9.17) is 4.74 Å². The molecule has 0 aliphatic carbocycles. The average Bonchev–Trinajstić information content (AvgIpc) is 2.60. The van der Waals surface area contributed by atoms with Gasteiger partial charge in [-0.05, 0) is 48.4 Å². The molecular weight excluding hydrogens is 304 g/mol. The topological polar surface area (TPSA) is 58.6 Å². The Kier molecular flexibility index (Phi) is 5.95. The molecule has 0 aliphatic heterocycles. The maximum atomic E-state index is 12.0. The summed E-state index contributed by atoms with van der Waals surface area (Å²) < 4.78 is 5.11. The molecule has 2 amide bonds. The first-order chi connectivity index (χ1) is 11.5. The van der Waals surface area contributed by atoms with Gasteiger partial charge in [-0.25, -0.2) is 0 Å². The highest BCUT2D eigenvalue weighted by atomic mass is 16.5. The predicted molar refractivity (Wildman–Crippen MR) is 94.4 cm³/mol. The molecule has 0 bridgehead atoms. The minimum atomic E-state index is -0.0626. The molecule has 2 aromatic carbocycles. The van der Waals surface area contributed by atoms with E-state index in [-0.39, 0.29) is 11.8 Å². The van der Waals surface area contributed by atoms with Crippen LogP contribution in [0, 0.1) is 0 Å². The van der Waals surface area contributed by atoms with Crippen LogP contribution >= 0.6 is 0 Å². The third kappa shape index (κ3) is 4.84. The van der Waals surface area contributed by atoms with Crippen molar-refractivity contribution in [2.24, 2.45) is 0 Å². The zero-order valence-electron chi connectivity index (χ0n) is 14.2. The summed E-state index contributed by atoms with van der Waals surface area (Å²) in [6, 6.07) is 14.6. The predicted octanol–water partition coefficient (Wildman–Crippen LogP) is 2.97. The van der Waals surface area contributed by atoms with E-state index in [2.05, 4.69) is 5.32 Å². The van der Waals surface area contributed by atoms with Gasteiger partial charge in [0.25, 0.3) is 5.91 Å². The molecule has 0 radical (unpaired) electrons. The van der Waals surface area contributed by atoms with Gasteiger partial charge in [0.1, 0.15) is 5.75 Å². The number of carbonyl (C=O) groups excluding carboxylic acids is 2. The summed E-state index contributed by atoms with van der Waals surface area (Å²) in [4.78, 5) is 25.4. The largest absolute Gasteiger partial charge is 0.497 e. The minimum Gasteiger partial charge on any atom is -0.497 e. The van der Waals surface area contributed by atoms with Gasteiger partial charge in [0.15, 0.2) is 0 Å². The molecule has 0 heterocycles. The fraction of sp³-hybridized carbons (Fsp3) is 0.263. The van der Waals surface area contributed by atoms with Gasteiger partial charge < -0.3 is 15.0 Å². The quantitative estimate of drug-likeness (QED) is 0.888. The van der Waals surface area contributed by atoms with Crippen molar-refractivity contribution in [1.29, 1.82) is 0 Å². The highest BCUT2D eigenvalue weighted by molar-refractivity contribution is 5.95. The lowest BCUT2D eigenvalue weighted by Gasteiger charge is -2.11. The summed E-state index contributed by atoms with van der Waals surface area (Å²) in [5.74, 6) is 0.681. The summed E-state index contributed by atoms with van der Waals surface area (Å²) in [7, 11) is 5.04. The first kappa shape index (κ1) is 17.5. The molecule has 0 saturated heterocycles. The van der Waals surface area contributed by atoms with Crippen molar-refractivity contribution >= 4 is 17.5 Å². The summed E-state index contributed by atoms with van der Waals surface area (Å²) in [6.07, 6.45) is 1.05. The smallest absolute Gasteiger partial charge is 0.253 e. The van der Waals surface area contributed by atoms with Crippen LogP contribution in [0.25, 0.3) is 0 Å². The third-order valence-electron chi connectivity index (χ3n) is 3.62. The fourth-order valence-electron chi connectivity index (χ4n) is 2.23. The van der Waals surface area contributed by atoms with Crippen LogP contribution in [0.2, 0.25) is 0 Å². The monoisotopic (exact) mass is 326 g/mol. The highest BCUT2D eigenvalue weighted by Gasteiger charge is 2.08. The van der Waals surface area contributed by atoms with E-state index in [1.54, 1.807) is 45.5 Å². The van der Waals surface area contributed by atoms with E-state index in [0.717, 1.165) is 11.3 Å². The molecular formula is C19H22N2O3. The minimum absolute atomic E-state index is 0.0579. The van der Waals surface area contributed by atoms with Crippen LogP contribution in [0.15, 0.2) is 48.5 Å². The van der Waals surface area contributed by atoms with E-state index in [0.29, 0.717) is 24.1 Å². The molecule has 0 aliphatic rings. The maximum absolute atomic E-state index is 12.0. The maximum Gasteiger partial charge on any atom is 0.253 e. The normalized spacial score (nSPS) is 10.1. The summed E-state index contributed by atoms with van der Waals surface area (Å²) in [6.45, 7) is 0. The number of nitrogens with zero attached hydrogens (tertiary/aromatic N) is 1. The number of methoxy groups -OCH3 is 1. The Labute approximate surface area is 142 Å². The second kappa shape index (κ2) is 8.15. The Morgan fingerprint density at radius 1 is 1.00 bits per heavy atom. The van der Waals surface area contributed by atoms with E-state index < -0.39 is 0 Å². The molecule has 5 heteroatoms. The zero-order valence-corrected chi connectivity index (χ0v) is 14.2. The number of carbonyl (C=O) groups is 2. The Morgan fingerprint density at radius 2 is 1.62 bits per heavy atom. The van der Waals surface area contributed by atoms with Crippen molar-refractivity contribution in [1.82, 2.24) is 4.90 Å². The number of benzene rings is 2. The van der Waals surface area contributed by atoms with Crippen LogP contribution in [0.5, 0.6) is 5.75 Å². The van der Waals surface area contributed by atoms with Gasteiger partial charge in [-0.2, -0.15) is 0 Å². The van der Waals surface area contributed by atoms with Crippen LogP contribution in [0.3, 0.4) is 0 Å². The number of aryl methyl sites for hydroxylation is 1. The Balaban J connectivity index is 1.86. The van der Waals surface area contributed by atoms with Crippen LogP contribution in [-0.2, 0) is 11.2 Å². The molecule has 1 N–H and O–H groups in total. The van der Waals surface area contributed by atoms with Crippen molar-refractivity contribution in [3.63, 3.8) is 0 Å². The number of rotatable bonds is 6. The summed E-state index contributed by atoms with van der Waals surface area (Å²) in [5.41, 5.74) is 2.36. The van der Waals surface area contributed by atoms with Crippen molar-refractivity contribution in [2.45, 2.75) is 12.8 Å². The summed E-state index contributed by atoms with van der Waals surface area (Å²) >= 11 is 0. The summed E-state index contributed by atoms with van der Waals surface area (Å²) in [5, 5.41) is 2.84. The van der Waals surface area contributed by atoms with Crippen LogP contribution < -0.4 is 10.1 Å². The standard InChI is InChI=1S/C19H22N2O3/c1-21(2)19(23)15-7-9-16(10-8-15)20-18(22)13-6-14-4-11-17(24-3)12-5-14/h4-5,7-12H,6,13H2,1-3H3,(H,20,22). The molecule has 0 atom stereocenters. The zero-order chi connectivity index (χ0) is 17.5. The van der Waals surface area contributed by atoms with Crippen molar-refractivity contribution in [2.75, 3.05) is 26.5 Å². The number of amides is 2. The lowest BCUT2D eigenvalue weighted by Crippen LogP contribution is -2.21. The van der Waals surface area contributed by atoms with Crippen LogP contribution in [0.1, 0.15) is 22.3 Å². The fourth-order valence-corrected chi connectivity index (χ4v) is 2.23. The second-order valence-corrected chi connectivity index (χ2v) is 5.67. The van der Waals surface area contributed by atoms with E-state index in [9.17, 15) is 9.59 Å². The molecule has 0 aromatic heterocycles. The molecule has 0 unspecified atom stereocenters. The Morgan fingerprint density at radius 3 is 2.17 bits per heavy atom. The van der Waals surface area contributed by atoms with Gasteiger partial charge in [-0.15, -0.1) is 0 Å². The molecule has 126 valence electrons. The molecule has 0 fully saturated rings. The molecule has 2 aromatic rings. The molecule has 24 heavy (non-hydrogen) atoms. The number of hydrogen-bond acceptors (Lipinski definition) is 3. The first-order valence-corrected chi connectivity index (χ1v) is 7.74. The first-order valence-electron chi connectivity index (χ1n) is 7.74.